The molecule has 0 aliphatic heterocycles. The van der Waals surface area contributed by atoms with Crippen molar-refractivity contribution in [3.8, 4) is 28.5 Å². The van der Waals surface area contributed by atoms with E-state index in [9.17, 15) is 14.4 Å². The molecule has 0 bridgehead atoms. The van der Waals surface area contributed by atoms with Crippen molar-refractivity contribution in [3.63, 3.8) is 0 Å². The molecule has 1 atom stereocenters. The van der Waals surface area contributed by atoms with Gasteiger partial charge in [0.05, 0.1) is 16.5 Å². The zero-order chi connectivity index (χ0) is 24.9. The number of carbonyl (C=O) groups is 1. The molecule has 0 saturated heterocycles. The minimum atomic E-state index is -0.513. The average Bonchev–Trinajstić information content (AvgIpc) is 2.86. The number of hydrogen-bond acceptors (Lipinski definition) is 4. The molecule has 0 aliphatic rings. The maximum atomic E-state index is 13.5. The maximum absolute atomic E-state index is 13.5. The SMILES string of the molecule is Cc1cccc(C)c1NC(=O)[C@@H](C)Sc1nc(-c2ccc(F)cc2)cc(-c2ccccc2)c1C#N. The number of amides is 1. The van der Waals surface area contributed by atoms with Crippen molar-refractivity contribution in [2.75, 3.05) is 5.32 Å². The third-order valence-electron chi connectivity index (χ3n) is 5.71. The first-order valence-corrected chi connectivity index (χ1v) is 12.1. The Morgan fingerprint density at radius 3 is 2.26 bits per heavy atom. The molecule has 1 aromatic heterocycles. The Bertz CT molecular complexity index is 1390. The van der Waals surface area contributed by atoms with Crippen LogP contribution in [0.2, 0.25) is 0 Å². The summed E-state index contributed by atoms with van der Waals surface area (Å²) in [5.74, 6) is -0.511. The number of nitrogens with zero attached hydrogens (tertiary/aromatic N) is 2. The van der Waals surface area contributed by atoms with Crippen molar-refractivity contribution in [1.29, 1.82) is 5.26 Å². The van der Waals surface area contributed by atoms with Gasteiger partial charge >= 0.3 is 0 Å². The van der Waals surface area contributed by atoms with Crippen LogP contribution < -0.4 is 5.32 Å². The number of nitrogens with one attached hydrogen (secondary N) is 1. The minimum absolute atomic E-state index is 0.175. The number of aryl methyl sites for hydroxylation is 2. The molecule has 0 saturated carbocycles. The standard InChI is InChI=1S/C29H24FN3OS/c1-18-8-7-9-19(2)27(18)33-28(34)20(3)35-29-25(17-31)24(21-10-5-4-6-11-21)16-26(32-29)22-12-14-23(30)15-13-22/h4-16,20H,1-3H3,(H,33,34)/t20-/m1/s1. The molecule has 1 heterocycles. The Labute approximate surface area is 208 Å². The first-order chi connectivity index (χ1) is 16.9. The number of nitriles is 1. The normalized spacial score (nSPS) is 11.5. The van der Waals surface area contributed by atoms with E-state index in [0.29, 0.717) is 21.8 Å². The highest BCUT2D eigenvalue weighted by atomic mass is 32.2. The fourth-order valence-electron chi connectivity index (χ4n) is 3.79. The lowest BCUT2D eigenvalue weighted by atomic mass is 9.99. The summed E-state index contributed by atoms with van der Waals surface area (Å²) in [6, 6.07) is 25.6. The number of hydrogen-bond donors (Lipinski definition) is 1. The number of halogens is 1. The molecular weight excluding hydrogens is 457 g/mol. The van der Waals surface area contributed by atoms with Crippen LogP contribution >= 0.6 is 11.8 Å². The summed E-state index contributed by atoms with van der Waals surface area (Å²) in [6.07, 6.45) is 0. The fourth-order valence-corrected chi connectivity index (χ4v) is 4.71. The predicted octanol–water partition coefficient (Wildman–Crippen LogP) is 7.16. The number of aromatic nitrogens is 1. The molecule has 35 heavy (non-hydrogen) atoms. The van der Waals surface area contributed by atoms with E-state index >= 15 is 0 Å². The Hall–Kier alpha value is -3.95. The number of thioether (sulfide) groups is 1. The smallest absolute Gasteiger partial charge is 0.237 e. The molecule has 4 rings (SSSR count). The summed E-state index contributed by atoms with van der Waals surface area (Å²) >= 11 is 1.23. The number of para-hydroxylation sites is 1. The zero-order valence-electron chi connectivity index (χ0n) is 19.7. The van der Waals surface area contributed by atoms with Gasteiger partial charge in [0.25, 0.3) is 0 Å². The van der Waals surface area contributed by atoms with Gasteiger partial charge in [-0.05, 0) is 67.8 Å². The van der Waals surface area contributed by atoms with E-state index in [1.54, 1.807) is 19.1 Å². The molecule has 0 radical (unpaired) electrons. The van der Waals surface area contributed by atoms with Crippen molar-refractivity contribution in [2.45, 2.75) is 31.0 Å². The van der Waals surface area contributed by atoms with Crippen LogP contribution in [-0.2, 0) is 4.79 Å². The lowest BCUT2D eigenvalue weighted by molar-refractivity contribution is -0.115. The van der Waals surface area contributed by atoms with Crippen LogP contribution in [0.3, 0.4) is 0 Å². The van der Waals surface area contributed by atoms with Crippen LogP contribution in [0.5, 0.6) is 0 Å². The zero-order valence-corrected chi connectivity index (χ0v) is 20.5. The van der Waals surface area contributed by atoms with Gasteiger partial charge < -0.3 is 5.32 Å². The van der Waals surface area contributed by atoms with Crippen molar-refractivity contribution >= 4 is 23.4 Å². The van der Waals surface area contributed by atoms with E-state index in [1.807, 2.05) is 68.4 Å². The summed E-state index contributed by atoms with van der Waals surface area (Å²) in [5.41, 5.74) is 6.07. The molecule has 4 aromatic rings. The highest BCUT2D eigenvalue weighted by Crippen LogP contribution is 2.36. The van der Waals surface area contributed by atoms with E-state index in [-0.39, 0.29) is 11.7 Å². The van der Waals surface area contributed by atoms with Crippen molar-refractivity contribution in [2.24, 2.45) is 0 Å². The molecule has 0 unspecified atom stereocenters. The molecule has 4 nitrogen and oxygen atoms in total. The first kappa shape index (κ1) is 24.2. The minimum Gasteiger partial charge on any atom is -0.325 e. The fraction of sp³-hybridized carbons (Fsp3) is 0.138. The molecule has 1 N–H and O–H groups in total. The molecule has 1 amide bonds. The van der Waals surface area contributed by atoms with E-state index in [0.717, 1.165) is 27.9 Å². The van der Waals surface area contributed by atoms with Gasteiger partial charge in [0.1, 0.15) is 16.9 Å². The summed E-state index contributed by atoms with van der Waals surface area (Å²) in [5, 5.41) is 13.0. The molecule has 0 aliphatic carbocycles. The van der Waals surface area contributed by atoms with Gasteiger partial charge in [-0.2, -0.15) is 5.26 Å². The second-order valence-corrected chi connectivity index (χ2v) is 9.57. The van der Waals surface area contributed by atoms with Gasteiger partial charge in [-0.1, -0.05) is 60.3 Å². The Kier molecular flexibility index (Phi) is 7.28. The van der Waals surface area contributed by atoms with Gasteiger partial charge in [-0.15, -0.1) is 0 Å². The van der Waals surface area contributed by atoms with Gasteiger partial charge in [0.15, 0.2) is 0 Å². The van der Waals surface area contributed by atoms with E-state index in [4.69, 9.17) is 4.98 Å². The maximum Gasteiger partial charge on any atom is 0.237 e. The molecule has 174 valence electrons. The second-order valence-electron chi connectivity index (χ2n) is 8.24. The van der Waals surface area contributed by atoms with Gasteiger partial charge in [0.2, 0.25) is 5.91 Å². The van der Waals surface area contributed by atoms with Gasteiger partial charge in [0, 0.05) is 16.8 Å². The summed E-state index contributed by atoms with van der Waals surface area (Å²) in [4.78, 5) is 17.8. The van der Waals surface area contributed by atoms with E-state index in [2.05, 4.69) is 11.4 Å². The van der Waals surface area contributed by atoms with Crippen LogP contribution in [-0.4, -0.2) is 16.1 Å². The number of pyridine rings is 1. The molecular formula is C29H24FN3OS. The Morgan fingerprint density at radius 1 is 0.971 bits per heavy atom. The van der Waals surface area contributed by atoms with Crippen LogP contribution in [0, 0.1) is 31.0 Å². The third-order valence-corrected chi connectivity index (χ3v) is 6.80. The topological polar surface area (TPSA) is 65.8 Å². The lowest BCUT2D eigenvalue weighted by Gasteiger charge is -2.17. The van der Waals surface area contributed by atoms with Crippen LogP contribution in [0.25, 0.3) is 22.4 Å². The third kappa shape index (κ3) is 5.42. The monoisotopic (exact) mass is 481 g/mol. The molecule has 0 fully saturated rings. The van der Waals surface area contributed by atoms with E-state index in [1.165, 1.54) is 23.9 Å². The molecule has 0 spiro atoms. The number of anilines is 1. The number of carbonyl (C=O) groups excluding carboxylic acids is 1. The molecule has 6 heteroatoms. The predicted molar refractivity (Wildman–Crippen MR) is 140 cm³/mol. The van der Waals surface area contributed by atoms with E-state index < -0.39 is 5.25 Å². The number of rotatable bonds is 6. The van der Waals surface area contributed by atoms with Crippen LogP contribution in [0.1, 0.15) is 23.6 Å². The first-order valence-electron chi connectivity index (χ1n) is 11.2. The Balaban J connectivity index is 1.74. The summed E-state index contributed by atoms with van der Waals surface area (Å²) < 4.78 is 13.5. The quantitative estimate of drug-likeness (QED) is 0.297. The second kappa shape index (κ2) is 10.5. The van der Waals surface area contributed by atoms with Gasteiger partial charge in [-0.25, -0.2) is 9.37 Å². The van der Waals surface area contributed by atoms with Crippen LogP contribution in [0.4, 0.5) is 10.1 Å². The van der Waals surface area contributed by atoms with Crippen molar-refractivity contribution < 1.29 is 9.18 Å². The van der Waals surface area contributed by atoms with Gasteiger partial charge in [-0.3, -0.25) is 4.79 Å². The highest BCUT2D eigenvalue weighted by Gasteiger charge is 2.22. The Morgan fingerprint density at radius 2 is 1.63 bits per heavy atom. The lowest BCUT2D eigenvalue weighted by Crippen LogP contribution is -2.23. The average molecular weight is 482 g/mol. The summed E-state index contributed by atoms with van der Waals surface area (Å²) in [7, 11) is 0. The highest BCUT2D eigenvalue weighted by molar-refractivity contribution is 8.00. The van der Waals surface area contributed by atoms with Crippen LogP contribution in [0.15, 0.2) is 83.9 Å². The van der Waals surface area contributed by atoms with Crippen molar-refractivity contribution in [3.05, 3.63) is 101 Å². The number of benzene rings is 3. The van der Waals surface area contributed by atoms with Crippen molar-refractivity contribution in [1.82, 2.24) is 4.98 Å². The summed E-state index contributed by atoms with van der Waals surface area (Å²) in [6.45, 7) is 5.70. The molecule has 3 aromatic carbocycles. The largest absolute Gasteiger partial charge is 0.325 e.